The SMILES string of the molecule is CN(Cc1cccc(Cl)c1)C(=O)CSc1nnc(NC(C)(C)C)s1. The molecule has 24 heavy (non-hydrogen) atoms. The number of nitrogens with one attached hydrogen (secondary N) is 1. The number of benzene rings is 1. The summed E-state index contributed by atoms with van der Waals surface area (Å²) in [5.41, 5.74) is 0.949. The Hall–Kier alpha value is -1.31. The van der Waals surface area contributed by atoms with Crippen molar-refractivity contribution in [2.45, 2.75) is 37.2 Å². The van der Waals surface area contributed by atoms with Crippen molar-refractivity contribution in [3.8, 4) is 0 Å². The maximum Gasteiger partial charge on any atom is 0.233 e. The molecular formula is C16H21ClN4OS2. The Balaban J connectivity index is 1.84. The number of hydrogen-bond donors (Lipinski definition) is 1. The highest BCUT2D eigenvalue weighted by Gasteiger charge is 2.15. The third-order valence-electron chi connectivity index (χ3n) is 2.94. The van der Waals surface area contributed by atoms with E-state index in [1.165, 1.54) is 23.1 Å². The van der Waals surface area contributed by atoms with Gasteiger partial charge >= 0.3 is 0 Å². The average Bonchev–Trinajstić information content (AvgIpc) is 2.90. The molecule has 0 atom stereocenters. The van der Waals surface area contributed by atoms with Gasteiger partial charge in [-0.05, 0) is 38.5 Å². The fourth-order valence-corrected chi connectivity index (χ4v) is 3.98. The van der Waals surface area contributed by atoms with Crippen LogP contribution >= 0.6 is 34.7 Å². The van der Waals surface area contributed by atoms with Crippen LogP contribution in [-0.4, -0.2) is 39.3 Å². The van der Waals surface area contributed by atoms with Crippen LogP contribution in [0.4, 0.5) is 5.13 Å². The number of hydrogen-bond acceptors (Lipinski definition) is 6. The van der Waals surface area contributed by atoms with E-state index >= 15 is 0 Å². The molecular weight excluding hydrogens is 364 g/mol. The molecule has 0 saturated heterocycles. The van der Waals surface area contributed by atoms with Crippen LogP contribution in [0.15, 0.2) is 28.6 Å². The maximum atomic E-state index is 12.3. The zero-order chi connectivity index (χ0) is 17.7. The Bertz CT molecular complexity index is 699. The van der Waals surface area contributed by atoms with Gasteiger partial charge in [-0.15, -0.1) is 10.2 Å². The summed E-state index contributed by atoms with van der Waals surface area (Å²) in [5, 5.41) is 12.9. The van der Waals surface area contributed by atoms with Crippen molar-refractivity contribution in [3.05, 3.63) is 34.9 Å². The largest absolute Gasteiger partial charge is 0.355 e. The lowest BCUT2D eigenvalue weighted by Crippen LogP contribution is -2.27. The third-order valence-corrected chi connectivity index (χ3v) is 5.13. The molecule has 8 heteroatoms. The number of carbonyl (C=O) groups is 1. The molecule has 0 radical (unpaired) electrons. The molecule has 130 valence electrons. The van der Waals surface area contributed by atoms with Gasteiger partial charge in [0.1, 0.15) is 0 Å². The Kier molecular flexibility index (Phi) is 6.48. The second kappa shape index (κ2) is 8.18. The molecule has 1 amide bonds. The second-order valence-corrected chi connectivity index (χ2v) is 9.05. The van der Waals surface area contributed by atoms with Crippen LogP contribution in [0.2, 0.25) is 5.02 Å². The summed E-state index contributed by atoms with van der Waals surface area (Å²) >= 11 is 8.84. The van der Waals surface area contributed by atoms with Crippen LogP contribution in [-0.2, 0) is 11.3 Å². The minimum atomic E-state index is -0.0610. The van der Waals surface area contributed by atoms with Crippen molar-refractivity contribution >= 4 is 45.7 Å². The monoisotopic (exact) mass is 384 g/mol. The molecule has 0 bridgehead atoms. The van der Waals surface area contributed by atoms with E-state index in [4.69, 9.17) is 11.6 Å². The summed E-state index contributed by atoms with van der Waals surface area (Å²) < 4.78 is 0.784. The standard InChI is InChI=1S/C16H21ClN4OS2/c1-16(2,3)18-14-19-20-15(24-14)23-10-13(22)21(4)9-11-6-5-7-12(17)8-11/h5-8H,9-10H2,1-4H3,(H,18,19). The van der Waals surface area contributed by atoms with Gasteiger partial charge in [0.15, 0.2) is 4.34 Å². The highest BCUT2D eigenvalue weighted by molar-refractivity contribution is 8.01. The van der Waals surface area contributed by atoms with Crippen molar-refractivity contribution in [2.75, 3.05) is 18.1 Å². The molecule has 1 N–H and O–H groups in total. The van der Waals surface area contributed by atoms with E-state index in [0.717, 1.165) is 15.0 Å². The van der Waals surface area contributed by atoms with E-state index in [2.05, 4.69) is 36.3 Å². The minimum absolute atomic E-state index is 0.0421. The molecule has 2 aromatic rings. The first-order valence-corrected chi connectivity index (χ1v) is 9.64. The summed E-state index contributed by atoms with van der Waals surface area (Å²) in [6.45, 7) is 6.73. The van der Waals surface area contributed by atoms with Crippen molar-refractivity contribution in [1.29, 1.82) is 0 Å². The van der Waals surface area contributed by atoms with Crippen LogP contribution in [0, 0.1) is 0 Å². The smallest absolute Gasteiger partial charge is 0.233 e. The van der Waals surface area contributed by atoms with E-state index in [9.17, 15) is 4.79 Å². The van der Waals surface area contributed by atoms with Gasteiger partial charge in [-0.2, -0.15) is 0 Å². The van der Waals surface area contributed by atoms with E-state index in [0.29, 0.717) is 17.3 Å². The van der Waals surface area contributed by atoms with Crippen molar-refractivity contribution in [2.24, 2.45) is 0 Å². The fraction of sp³-hybridized carbons (Fsp3) is 0.438. The van der Waals surface area contributed by atoms with Gasteiger partial charge in [-0.3, -0.25) is 4.79 Å². The first-order valence-electron chi connectivity index (χ1n) is 7.46. The lowest BCUT2D eigenvalue weighted by Gasteiger charge is -2.18. The molecule has 1 aromatic carbocycles. The number of amides is 1. The molecule has 1 heterocycles. The Morgan fingerprint density at radius 1 is 1.38 bits per heavy atom. The first kappa shape index (κ1) is 19.0. The molecule has 5 nitrogen and oxygen atoms in total. The van der Waals surface area contributed by atoms with Crippen LogP contribution in [0.5, 0.6) is 0 Å². The predicted molar refractivity (Wildman–Crippen MR) is 102 cm³/mol. The van der Waals surface area contributed by atoms with Gasteiger partial charge in [0, 0.05) is 24.2 Å². The zero-order valence-corrected chi connectivity index (χ0v) is 16.6. The molecule has 1 aromatic heterocycles. The fourth-order valence-electron chi connectivity index (χ4n) is 1.87. The molecule has 0 saturated carbocycles. The van der Waals surface area contributed by atoms with Gasteiger partial charge in [-0.25, -0.2) is 0 Å². The summed E-state index contributed by atoms with van der Waals surface area (Å²) in [6, 6.07) is 7.53. The Labute approximate surface area is 155 Å². The molecule has 0 spiro atoms. The van der Waals surface area contributed by atoms with Gasteiger partial charge in [0.25, 0.3) is 0 Å². The van der Waals surface area contributed by atoms with Gasteiger partial charge < -0.3 is 10.2 Å². The number of carbonyl (C=O) groups excluding carboxylic acids is 1. The molecule has 0 aliphatic heterocycles. The Morgan fingerprint density at radius 2 is 2.12 bits per heavy atom. The van der Waals surface area contributed by atoms with E-state index in [1.807, 2.05) is 24.3 Å². The van der Waals surface area contributed by atoms with Crippen molar-refractivity contribution in [1.82, 2.24) is 15.1 Å². The van der Waals surface area contributed by atoms with E-state index in [-0.39, 0.29) is 11.4 Å². The Morgan fingerprint density at radius 3 is 2.79 bits per heavy atom. The van der Waals surface area contributed by atoms with Gasteiger partial charge in [0.05, 0.1) is 5.75 Å². The highest BCUT2D eigenvalue weighted by atomic mass is 35.5. The lowest BCUT2D eigenvalue weighted by molar-refractivity contribution is -0.127. The van der Waals surface area contributed by atoms with Crippen molar-refractivity contribution < 1.29 is 4.79 Å². The topological polar surface area (TPSA) is 58.1 Å². The maximum absolute atomic E-state index is 12.3. The summed E-state index contributed by atoms with van der Waals surface area (Å²) in [4.78, 5) is 13.9. The predicted octanol–water partition coefficient (Wildman–Crippen LogP) is 4.15. The van der Waals surface area contributed by atoms with Gasteiger partial charge in [-0.1, -0.05) is 46.8 Å². The number of aromatic nitrogens is 2. The molecule has 2 rings (SSSR count). The summed E-state index contributed by atoms with van der Waals surface area (Å²) in [5.74, 6) is 0.377. The number of anilines is 1. The lowest BCUT2D eigenvalue weighted by atomic mass is 10.1. The quantitative estimate of drug-likeness (QED) is 0.758. The van der Waals surface area contributed by atoms with Crippen molar-refractivity contribution in [3.63, 3.8) is 0 Å². The molecule has 0 aliphatic rings. The summed E-state index contributed by atoms with van der Waals surface area (Å²) in [6.07, 6.45) is 0. The molecule has 0 aliphatic carbocycles. The second-order valence-electron chi connectivity index (χ2n) is 6.42. The third kappa shape index (κ3) is 6.30. The molecule has 0 fully saturated rings. The van der Waals surface area contributed by atoms with Crippen LogP contribution < -0.4 is 5.32 Å². The highest BCUT2D eigenvalue weighted by Crippen LogP contribution is 2.27. The minimum Gasteiger partial charge on any atom is -0.355 e. The number of thioether (sulfide) groups is 1. The van der Waals surface area contributed by atoms with Crippen LogP contribution in [0.25, 0.3) is 0 Å². The first-order chi connectivity index (χ1) is 11.2. The normalized spacial score (nSPS) is 11.4. The molecule has 0 unspecified atom stereocenters. The van der Waals surface area contributed by atoms with Gasteiger partial charge in [0.2, 0.25) is 11.0 Å². The zero-order valence-electron chi connectivity index (χ0n) is 14.2. The summed E-state index contributed by atoms with van der Waals surface area (Å²) in [7, 11) is 1.79. The number of halogens is 1. The van der Waals surface area contributed by atoms with E-state index in [1.54, 1.807) is 11.9 Å². The number of rotatable bonds is 6. The van der Waals surface area contributed by atoms with Crippen LogP contribution in [0.1, 0.15) is 26.3 Å². The average molecular weight is 385 g/mol. The van der Waals surface area contributed by atoms with Crippen LogP contribution in [0.3, 0.4) is 0 Å². The van der Waals surface area contributed by atoms with E-state index < -0.39 is 0 Å². The number of nitrogens with zero attached hydrogens (tertiary/aromatic N) is 3.